The molecular weight excluding hydrogens is 238 g/mol. The van der Waals surface area contributed by atoms with E-state index in [1.54, 1.807) is 0 Å². The summed E-state index contributed by atoms with van der Waals surface area (Å²) in [7, 11) is 4.36. The van der Waals surface area contributed by atoms with Crippen LogP contribution in [0, 0.1) is 0 Å². The molecule has 4 heteroatoms. The van der Waals surface area contributed by atoms with Gasteiger partial charge in [-0.05, 0) is 72.9 Å². The fourth-order valence-corrected chi connectivity index (χ4v) is 2.71. The number of hydrogen-bond acceptors (Lipinski definition) is 4. The average molecular weight is 271 g/mol. The smallest absolute Gasteiger partial charge is 0.0611 e. The van der Waals surface area contributed by atoms with Crippen LogP contribution in [0.2, 0.25) is 0 Å². The van der Waals surface area contributed by atoms with Crippen LogP contribution >= 0.6 is 0 Å². The fraction of sp³-hybridized carbons (Fsp3) is 1.00. The lowest BCUT2D eigenvalue weighted by molar-refractivity contribution is 0.114. The van der Waals surface area contributed by atoms with E-state index in [2.05, 4.69) is 43.1 Å². The van der Waals surface area contributed by atoms with Crippen LogP contribution in [-0.2, 0) is 0 Å². The first-order valence-corrected chi connectivity index (χ1v) is 7.75. The van der Waals surface area contributed by atoms with Crippen LogP contribution in [0.1, 0.15) is 39.5 Å². The van der Waals surface area contributed by atoms with Gasteiger partial charge in [0.05, 0.1) is 6.61 Å². The molecule has 4 nitrogen and oxygen atoms in total. The molecule has 1 fully saturated rings. The summed E-state index contributed by atoms with van der Waals surface area (Å²) in [6.45, 7) is 8.98. The lowest BCUT2D eigenvalue weighted by atomic mass is 9.97. The molecule has 1 aliphatic heterocycles. The lowest BCUT2D eigenvalue weighted by Crippen LogP contribution is -2.49. The van der Waals surface area contributed by atoms with E-state index in [0.29, 0.717) is 0 Å². The second-order valence-electron chi connectivity index (χ2n) is 6.43. The summed E-state index contributed by atoms with van der Waals surface area (Å²) in [5, 5.41) is 13.0. The summed E-state index contributed by atoms with van der Waals surface area (Å²) >= 11 is 0. The molecule has 1 heterocycles. The lowest BCUT2D eigenvalue weighted by Gasteiger charge is -2.37. The van der Waals surface area contributed by atoms with Crippen molar-refractivity contribution in [1.82, 2.24) is 15.1 Å². The van der Waals surface area contributed by atoms with Gasteiger partial charge in [0.1, 0.15) is 0 Å². The number of aliphatic hydroxyl groups excluding tert-OH is 1. The third-order valence-electron chi connectivity index (χ3n) is 4.42. The van der Waals surface area contributed by atoms with Crippen molar-refractivity contribution in [2.75, 3.05) is 46.9 Å². The zero-order valence-corrected chi connectivity index (χ0v) is 13.3. The SMILES string of the molecule is CCCNC(C)(CO)CCN1CCC(N(C)C)CC1. The normalized spacial score (nSPS) is 21.8. The first kappa shape index (κ1) is 16.9. The molecule has 1 unspecified atom stereocenters. The number of nitrogens with zero attached hydrogens (tertiary/aromatic N) is 2. The molecule has 1 atom stereocenters. The number of aliphatic hydroxyl groups is 1. The van der Waals surface area contributed by atoms with Gasteiger partial charge in [-0.25, -0.2) is 0 Å². The maximum absolute atomic E-state index is 9.57. The molecule has 1 rings (SSSR count). The molecule has 0 spiro atoms. The number of likely N-dealkylation sites (tertiary alicyclic amines) is 1. The van der Waals surface area contributed by atoms with Crippen molar-refractivity contribution in [3.8, 4) is 0 Å². The molecule has 0 radical (unpaired) electrons. The summed E-state index contributed by atoms with van der Waals surface area (Å²) in [5.41, 5.74) is -0.117. The van der Waals surface area contributed by atoms with E-state index in [1.165, 1.54) is 25.9 Å². The minimum atomic E-state index is -0.117. The van der Waals surface area contributed by atoms with Crippen molar-refractivity contribution in [2.45, 2.75) is 51.1 Å². The fourth-order valence-electron chi connectivity index (χ4n) is 2.71. The van der Waals surface area contributed by atoms with E-state index in [9.17, 15) is 5.11 Å². The van der Waals surface area contributed by atoms with Crippen LogP contribution in [0.5, 0.6) is 0 Å². The Kier molecular flexibility index (Phi) is 7.29. The molecule has 0 bridgehead atoms. The van der Waals surface area contributed by atoms with Crippen LogP contribution in [0.3, 0.4) is 0 Å². The van der Waals surface area contributed by atoms with E-state index < -0.39 is 0 Å². The van der Waals surface area contributed by atoms with Gasteiger partial charge in [-0.1, -0.05) is 6.92 Å². The molecule has 2 N–H and O–H groups in total. The number of piperidine rings is 1. The maximum Gasteiger partial charge on any atom is 0.0611 e. The third kappa shape index (κ3) is 5.78. The van der Waals surface area contributed by atoms with Crippen LogP contribution in [0.15, 0.2) is 0 Å². The van der Waals surface area contributed by atoms with E-state index in [4.69, 9.17) is 0 Å². The maximum atomic E-state index is 9.57. The van der Waals surface area contributed by atoms with Crippen molar-refractivity contribution in [3.05, 3.63) is 0 Å². The predicted octanol–water partition coefficient (Wildman–Crippen LogP) is 1.15. The van der Waals surface area contributed by atoms with Gasteiger partial charge in [-0.15, -0.1) is 0 Å². The van der Waals surface area contributed by atoms with Gasteiger partial charge in [-0.2, -0.15) is 0 Å². The summed E-state index contributed by atoms with van der Waals surface area (Å²) in [4.78, 5) is 4.89. The van der Waals surface area contributed by atoms with Crippen molar-refractivity contribution >= 4 is 0 Å². The van der Waals surface area contributed by atoms with Crippen molar-refractivity contribution in [2.24, 2.45) is 0 Å². The second kappa shape index (κ2) is 8.20. The van der Waals surface area contributed by atoms with Gasteiger partial charge >= 0.3 is 0 Å². The minimum absolute atomic E-state index is 0.117. The Hall–Kier alpha value is -0.160. The Balaban J connectivity index is 2.28. The highest BCUT2D eigenvalue weighted by molar-refractivity contribution is 4.85. The summed E-state index contributed by atoms with van der Waals surface area (Å²) in [6.07, 6.45) is 4.68. The molecule has 19 heavy (non-hydrogen) atoms. The average Bonchev–Trinajstić information content (AvgIpc) is 2.43. The molecule has 0 aromatic carbocycles. The molecule has 0 aliphatic carbocycles. The van der Waals surface area contributed by atoms with Gasteiger partial charge in [0.2, 0.25) is 0 Å². The highest BCUT2D eigenvalue weighted by Crippen LogP contribution is 2.16. The first-order chi connectivity index (χ1) is 9.00. The van der Waals surface area contributed by atoms with Crippen molar-refractivity contribution < 1.29 is 5.11 Å². The third-order valence-corrected chi connectivity index (χ3v) is 4.42. The highest BCUT2D eigenvalue weighted by Gasteiger charge is 2.25. The zero-order valence-electron chi connectivity index (χ0n) is 13.3. The van der Waals surface area contributed by atoms with E-state index >= 15 is 0 Å². The minimum Gasteiger partial charge on any atom is -0.394 e. The standard InChI is InChI=1S/C15H33N3O/c1-5-9-16-15(2,13-19)8-12-18-10-6-14(7-11-18)17(3)4/h14,16,19H,5-13H2,1-4H3. The van der Waals surface area contributed by atoms with Crippen molar-refractivity contribution in [3.63, 3.8) is 0 Å². The summed E-state index contributed by atoms with van der Waals surface area (Å²) < 4.78 is 0. The predicted molar refractivity (Wildman–Crippen MR) is 81.6 cm³/mol. The highest BCUT2D eigenvalue weighted by atomic mass is 16.3. The Labute approximate surface area is 119 Å². The monoisotopic (exact) mass is 271 g/mol. The Morgan fingerprint density at radius 3 is 2.42 bits per heavy atom. The molecule has 1 saturated heterocycles. The van der Waals surface area contributed by atoms with Gasteiger partial charge in [0.25, 0.3) is 0 Å². The molecular formula is C15H33N3O. The van der Waals surface area contributed by atoms with Gasteiger partial charge in [0, 0.05) is 11.6 Å². The Morgan fingerprint density at radius 1 is 1.32 bits per heavy atom. The quantitative estimate of drug-likeness (QED) is 0.695. The van der Waals surface area contributed by atoms with Crippen LogP contribution in [0.4, 0.5) is 0 Å². The van der Waals surface area contributed by atoms with Crippen molar-refractivity contribution in [1.29, 1.82) is 0 Å². The van der Waals surface area contributed by atoms with Gasteiger partial charge in [-0.3, -0.25) is 0 Å². The Bertz CT molecular complexity index is 240. The molecule has 1 aliphatic rings. The summed E-state index contributed by atoms with van der Waals surface area (Å²) in [6, 6.07) is 0.749. The number of nitrogens with one attached hydrogen (secondary N) is 1. The zero-order chi connectivity index (χ0) is 14.3. The Morgan fingerprint density at radius 2 is 1.95 bits per heavy atom. The molecule has 0 amide bonds. The molecule has 0 aromatic rings. The van der Waals surface area contributed by atoms with Crippen LogP contribution in [-0.4, -0.2) is 73.4 Å². The number of rotatable bonds is 8. The summed E-state index contributed by atoms with van der Waals surface area (Å²) in [5.74, 6) is 0. The van der Waals surface area contributed by atoms with Gasteiger partial charge in [0.15, 0.2) is 0 Å². The first-order valence-electron chi connectivity index (χ1n) is 7.75. The molecule has 0 aromatic heterocycles. The second-order valence-corrected chi connectivity index (χ2v) is 6.43. The topological polar surface area (TPSA) is 38.7 Å². The van der Waals surface area contributed by atoms with Crippen LogP contribution in [0.25, 0.3) is 0 Å². The van der Waals surface area contributed by atoms with Crippen LogP contribution < -0.4 is 5.32 Å². The van der Waals surface area contributed by atoms with Gasteiger partial charge < -0.3 is 20.2 Å². The van der Waals surface area contributed by atoms with E-state index in [1.807, 2.05) is 0 Å². The largest absolute Gasteiger partial charge is 0.394 e. The van der Waals surface area contributed by atoms with E-state index in [-0.39, 0.29) is 12.1 Å². The van der Waals surface area contributed by atoms with E-state index in [0.717, 1.165) is 32.0 Å². The molecule has 114 valence electrons. The molecule has 0 saturated carbocycles. The number of hydrogen-bond donors (Lipinski definition) is 2.